The quantitative estimate of drug-likeness (QED) is 0.653. The number of benzene rings is 1. The average molecular weight is 356 g/mol. The van der Waals surface area contributed by atoms with Crippen LogP contribution in [0.2, 0.25) is 0 Å². The summed E-state index contributed by atoms with van der Waals surface area (Å²) in [5, 5.41) is 3.74. The number of aryl methyl sites for hydroxylation is 1. The number of hydrogen-bond donors (Lipinski definition) is 1. The third kappa shape index (κ3) is 5.19. The predicted octanol–water partition coefficient (Wildman–Crippen LogP) is 3.75. The molecule has 0 unspecified atom stereocenters. The zero-order chi connectivity index (χ0) is 17.6. The van der Waals surface area contributed by atoms with Crippen LogP contribution in [0.3, 0.4) is 0 Å². The summed E-state index contributed by atoms with van der Waals surface area (Å²) >= 11 is 1.44. The molecule has 1 aromatic carbocycles. The van der Waals surface area contributed by atoms with Crippen LogP contribution in [0.4, 0.5) is 11.5 Å². The van der Waals surface area contributed by atoms with E-state index in [9.17, 15) is 4.79 Å². The number of rotatable bonds is 5. The van der Waals surface area contributed by atoms with Crippen LogP contribution in [0.25, 0.3) is 0 Å². The molecular weight excluding hydrogens is 332 g/mol. The van der Waals surface area contributed by atoms with E-state index in [2.05, 4.69) is 27.1 Å². The van der Waals surface area contributed by atoms with E-state index in [4.69, 9.17) is 0 Å². The minimum atomic E-state index is -0.0270. The summed E-state index contributed by atoms with van der Waals surface area (Å²) in [5.74, 6) is 2.06. The van der Waals surface area contributed by atoms with Crippen molar-refractivity contribution in [2.45, 2.75) is 31.7 Å². The molecule has 1 aliphatic rings. The first-order valence-electron chi connectivity index (χ1n) is 8.66. The van der Waals surface area contributed by atoms with E-state index in [1.165, 1.54) is 30.2 Å². The molecule has 3 rings (SSSR count). The van der Waals surface area contributed by atoms with Crippen LogP contribution in [-0.2, 0) is 4.79 Å². The summed E-state index contributed by atoms with van der Waals surface area (Å²) in [6.07, 6.45) is 3.99. The maximum absolute atomic E-state index is 12.1. The molecule has 0 spiro atoms. The number of aromatic nitrogens is 2. The second-order valence-electron chi connectivity index (χ2n) is 6.59. The molecule has 0 saturated carbocycles. The Labute approximate surface area is 153 Å². The van der Waals surface area contributed by atoms with Gasteiger partial charge in [-0.3, -0.25) is 4.79 Å². The van der Waals surface area contributed by atoms with Crippen molar-refractivity contribution in [2.24, 2.45) is 5.92 Å². The number of nitrogens with one attached hydrogen (secondary N) is 1. The van der Waals surface area contributed by atoms with Crippen molar-refractivity contribution in [3.8, 4) is 0 Å². The van der Waals surface area contributed by atoms with E-state index in [0.717, 1.165) is 35.5 Å². The van der Waals surface area contributed by atoms with Gasteiger partial charge >= 0.3 is 0 Å². The van der Waals surface area contributed by atoms with Gasteiger partial charge in [0.1, 0.15) is 17.2 Å². The zero-order valence-electron chi connectivity index (χ0n) is 14.7. The SMILES string of the molecule is Cc1ccc(NC(=O)CSc2cc(N3CCC(C)CC3)ncn2)cc1. The van der Waals surface area contributed by atoms with E-state index in [1.54, 1.807) is 6.33 Å². The van der Waals surface area contributed by atoms with Crippen molar-refractivity contribution in [3.63, 3.8) is 0 Å². The zero-order valence-corrected chi connectivity index (χ0v) is 15.6. The lowest BCUT2D eigenvalue weighted by Gasteiger charge is -2.31. The van der Waals surface area contributed by atoms with E-state index in [-0.39, 0.29) is 5.91 Å². The number of hydrogen-bond acceptors (Lipinski definition) is 5. The Kier molecular flexibility index (Phi) is 5.91. The van der Waals surface area contributed by atoms with Gasteiger partial charge in [0.15, 0.2) is 0 Å². The number of carbonyl (C=O) groups is 1. The number of anilines is 2. The van der Waals surface area contributed by atoms with Gasteiger partial charge in [-0.25, -0.2) is 9.97 Å². The number of thioether (sulfide) groups is 1. The van der Waals surface area contributed by atoms with Gasteiger partial charge in [0.2, 0.25) is 5.91 Å². The van der Waals surface area contributed by atoms with Crippen molar-refractivity contribution in [2.75, 3.05) is 29.1 Å². The van der Waals surface area contributed by atoms with Crippen molar-refractivity contribution in [1.82, 2.24) is 9.97 Å². The molecule has 0 atom stereocenters. The lowest BCUT2D eigenvalue weighted by atomic mass is 9.99. The maximum Gasteiger partial charge on any atom is 0.234 e. The molecule has 6 heteroatoms. The van der Waals surface area contributed by atoms with Crippen LogP contribution < -0.4 is 10.2 Å². The van der Waals surface area contributed by atoms with Crippen molar-refractivity contribution in [1.29, 1.82) is 0 Å². The van der Waals surface area contributed by atoms with Crippen molar-refractivity contribution < 1.29 is 4.79 Å². The fraction of sp³-hybridized carbons (Fsp3) is 0.421. The van der Waals surface area contributed by atoms with Crippen LogP contribution >= 0.6 is 11.8 Å². The van der Waals surface area contributed by atoms with Crippen LogP contribution in [0.15, 0.2) is 41.7 Å². The minimum absolute atomic E-state index is 0.0270. The summed E-state index contributed by atoms with van der Waals surface area (Å²) in [6.45, 7) is 6.40. The minimum Gasteiger partial charge on any atom is -0.356 e. The summed E-state index contributed by atoms with van der Waals surface area (Å²) in [4.78, 5) is 23.1. The first-order chi connectivity index (χ1) is 12.1. The average Bonchev–Trinajstić information content (AvgIpc) is 2.63. The Hall–Kier alpha value is -2.08. The maximum atomic E-state index is 12.1. The predicted molar refractivity (Wildman–Crippen MR) is 103 cm³/mol. The molecule has 25 heavy (non-hydrogen) atoms. The molecule has 2 aromatic rings. The number of carbonyl (C=O) groups excluding carboxylic acids is 1. The molecule has 0 aliphatic carbocycles. The van der Waals surface area contributed by atoms with E-state index in [0.29, 0.717) is 5.75 Å². The lowest BCUT2D eigenvalue weighted by molar-refractivity contribution is -0.113. The van der Waals surface area contributed by atoms with Crippen LogP contribution in [0, 0.1) is 12.8 Å². The molecule has 5 nitrogen and oxygen atoms in total. The van der Waals surface area contributed by atoms with Crippen LogP contribution in [-0.4, -0.2) is 34.7 Å². The van der Waals surface area contributed by atoms with E-state index >= 15 is 0 Å². The third-order valence-electron chi connectivity index (χ3n) is 4.42. The summed E-state index contributed by atoms with van der Waals surface area (Å²) in [7, 11) is 0. The van der Waals surface area contributed by atoms with Crippen molar-refractivity contribution >= 4 is 29.2 Å². The normalized spacial score (nSPS) is 15.2. The first-order valence-corrected chi connectivity index (χ1v) is 9.65. The molecule has 0 radical (unpaired) electrons. The van der Waals surface area contributed by atoms with Gasteiger partial charge in [0.25, 0.3) is 0 Å². The number of amides is 1. The van der Waals surface area contributed by atoms with Crippen molar-refractivity contribution in [3.05, 3.63) is 42.2 Å². The molecule has 1 amide bonds. The van der Waals surface area contributed by atoms with Gasteiger partial charge in [-0.15, -0.1) is 0 Å². The molecule has 2 heterocycles. The highest BCUT2D eigenvalue weighted by Gasteiger charge is 2.17. The Bertz CT molecular complexity index is 712. The van der Waals surface area contributed by atoms with Gasteiger partial charge < -0.3 is 10.2 Å². The highest BCUT2D eigenvalue weighted by molar-refractivity contribution is 7.99. The van der Waals surface area contributed by atoms with Gasteiger partial charge in [-0.2, -0.15) is 0 Å². The lowest BCUT2D eigenvalue weighted by Crippen LogP contribution is -2.33. The highest BCUT2D eigenvalue weighted by atomic mass is 32.2. The third-order valence-corrected chi connectivity index (χ3v) is 5.35. The largest absolute Gasteiger partial charge is 0.356 e. The monoisotopic (exact) mass is 356 g/mol. The van der Waals surface area contributed by atoms with Gasteiger partial charge in [0.05, 0.1) is 5.75 Å². The van der Waals surface area contributed by atoms with Gasteiger partial charge in [0, 0.05) is 24.8 Å². The summed E-state index contributed by atoms with van der Waals surface area (Å²) in [6, 6.07) is 9.79. The van der Waals surface area contributed by atoms with Gasteiger partial charge in [-0.1, -0.05) is 36.4 Å². The smallest absolute Gasteiger partial charge is 0.234 e. The summed E-state index contributed by atoms with van der Waals surface area (Å²) in [5.41, 5.74) is 2.00. The summed E-state index contributed by atoms with van der Waals surface area (Å²) < 4.78 is 0. The molecule has 1 fully saturated rings. The number of piperidine rings is 1. The van der Waals surface area contributed by atoms with E-state index < -0.39 is 0 Å². The molecule has 0 bridgehead atoms. The van der Waals surface area contributed by atoms with Crippen LogP contribution in [0.5, 0.6) is 0 Å². The molecule has 132 valence electrons. The Balaban J connectivity index is 1.53. The Morgan fingerprint density at radius 2 is 1.96 bits per heavy atom. The van der Waals surface area contributed by atoms with Crippen LogP contribution in [0.1, 0.15) is 25.3 Å². The van der Waals surface area contributed by atoms with Gasteiger partial charge in [-0.05, 0) is 37.8 Å². The molecule has 1 aliphatic heterocycles. The standard InChI is InChI=1S/C19H24N4OS/c1-14-3-5-16(6-4-14)22-18(24)12-25-19-11-17(20-13-21-19)23-9-7-15(2)8-10-23/h3-6,11,13,15H,7-10,12H2,1-2H3,(H,22,24). The highest BCUT2D eigenvalue weighted by Crippen LogP contribution is 2.24. The topological polar surface area (TPSA) is 58.1 Å². The fourth-order valence-corrected chi connectivity index (χ4v) is 3.45. The first kappa shape index (κ1) is 17.7. The molecular formula is C19H24N4OS. The second kappa shape index (κ2) is 8.34. The Morgan fingerprint density at radius 3 is 2.68 bits per heavy atom. The molecule has 1 aromatic heterocycles. The van der Waals surface area contributed by atoms with E-state index in [1.807, 2.05) is 37.3 Å². The number of nitrogens with zero attached hydrogens (tertiary/aromatic N) is 3. The molecule has 1 N–H and O–H groups in total. The Morgan fingerprint density at radius 1 is 1.24 bits per heavy atom. The molecule has 1 saturated heterocycles. The second-order valence-corrected chi connectivity index (χ2v) is 7.58. The fourth-order valence-electron chi connectivity index (χ4n) is 2.79.